The lowest BCUT2D eigenvalue weighted by Gasteiger charge is -2.26. The van der Waals surface area contributed by atoms with E-state index in [0.717, 1.165) is 17.7 Å². The number of rotatable bonds is 6. The third-order valence-electron chi connectivity index (χ3n) is 3.36. The fourth-order valence-electron chi connectivity index (χ4n) is 2.18. The maximum Gasteiger partial charge on any atom is 0.142 e. The van der Waals surface area contributed by atoms with E-state index < -0.39 is 0 Å². The van der Waals surface area contributed by atoms with Gasteiger partial charge in [-0.25, -0.2) is 0 Å². The van der Waals surface area contributed by atoms with Gasteiger partial charge in [-0.15, -0.1) is 0 Å². The molecule has 0 aliphatic rings. The van der Waals surface area contributed by atoms with E-state index in [-0.39, 0.29) is 12.1 Å². The monoisotopic (exact) mass is 305 g/mol. The standard InChI is InChI=1S/C17H20ClNO2/c1-3-15(19)17(14-9-4-5-10-16(14)20-2)21-13-8-6-7-12(18)11-13/h4-11,15,17H,3,19H2,1-2H3. The molecule has 0 bridgehead atoms. The first-order chi connectivity index (χ1) is 10.2. The van der Waals surface area contributed by atoms with Gasteiger partial charge in [-0.2, -0.15) is 0 Å². The molecule has 4 heteroatoms. The van der Waals surface area contributed by atoms with Gasteiger partial charge in [0, 0.05) is 16.6 Å². The Morgan fingerprint density at radius 1 is 1.14 bits per heavy atom. The van der Waals surface area contributed by atoms with Crippen LogP contribution in [0.4, 0.5) is 0 Å². The van der Waals surface area contributed by atoms with Gasteiger partial charge in [0.15, 0.2) is 0 Å². The van der Waals surface area contributed by atoms with Gasteiger partial charge in [-0.05, 0) is 30.7 Å². The van der Waals surface area contributed by atoms with Crippen LogP contribution in [-0.2, 0) is 0 Å². The maximum atomic E-state index is 6.25. The van der Waals surface area contributed by atoms with E-state index in [1.165, 1.54) is 0 Å². The SMILES string of the molecule is CCC(N)C(Oc1cccc(Cl)c1)c1ccccc1OC. The summed E-state index contributed by atoms with van der Waals surface area (Å²) in [6.45, 7) is 2.04. The van der Waals surface area contributed by atoms with Crippen molar-refractivity contribution in [2.24, 2.45) is 5.73 Å². The third-order valence-corrected chi connectivity index (χ3v) is 3.60. The molecule has 0 fully saturated rings. The number of halogens is 1. The zero-order valence-corrected chi connectivity index (χ0v) is 13.0. The molecule has 0 aliphatic heterocycles. The average molecular weight is 306 g/mol. The topological polar surface area (TPSA) is 44.5 Å². The number of para-hydroxylation sites is 1. The molecule has 0 saturated heterocycles. The summed E-state index contributed by atoms with van der Waals surface area (Å²) in [5, 5.41) is 0.636. The van der Waals surface area contributed by atoms with E-state index >= 15 is 0 Å². The summed E-state index contributed by atoms with van der Waals surface area (Å²) in [5.74, 6) is 1.47. The van der Waals surface area contributed by atoms with E-state index in [0.29, 0.717) is 10.8 Å². The molecule has 21 heavy (non-hydrogen) atoms. The second-order valence-electron chi connectivity index (χ2n) is 4.81. The predicted octanol–water partition coefficient (Wildman–Crippen LogP) is 4.21. The summed E-state index contributed by atoms with van der Waals surface area (Å²) < 4.78 is 11.5. The highest BCUT2D eigenvalue weighted by Gasteiger charge is 2.23. The summed E-state index contributed by atoms with van der Waals surface area (Å²) in [6, 6.07) is 14.9. The van der Waals surface area contributed by atoms with Crippen molar-refractivity contribution in [1.82, 2.24) is 0 Å². The first-order valence-corrected chi connectivity index (χ1v) is 7.34. The van der Waals surface area contributed by atoms with Gasteiger partial charge in [0.2, 0.25) is 0 Å². The number of methoxy groups -OCH3 is 1. The van der Waals surface area contributed by atoms with Crippen LogP contribution >= 0.6 is 11.6 Å². The Kier molecular flexibility index (Phi) is 5.48. The minimum absolute atomic E-state index is 0.139. The highest BCUT2D eigenvalue weighted by atomic mass is 35.5. The summed E-state index contributed by atoms with van der Waals surface area (Å²) in [4.78, 5) is 0. The van der Waals surface area contributed by atoms with Crippen LogP contribution in [0, 0.1) is 0 Å². The third kappa shape index (κ3) is 3.90. The molecular formula is C17H20ClNO2. The largest absolute Gasteiger partial charge is 0.496 e. The molecule has 2 aromatic rings. The predicted molar refractivity (Wildman–Crippen MR) is 86.1 cm³/mol. The molecule has 0 amide bonds. The zero-order valence-electron chi connectivity index (χ0n) is 12.3. The minimum atomic E-state index is -0.287. The molecule has 0 radical (unpaired) electrons. The lowest BCUT2D eigenvalue weighted by atomic mass is 10.00. The molecule has 2 aromatic carbocycles. The first-order valence-electron chi connectivity index (χ1n) is 6.96. The Morgan fingerprint density at radius 3 is 2.57 bits per heavy atom. The van der Waals surface area contributed by atoms with Crippen molar-refractivity contribution in [3.63, 3.8) is 0 Å². The fraction of sp³-hybridized carbons (Fsp3) is 0.294. The number of nitrogens with two attached hydrogens (primary N) is 1. The summed E-state index contributed by atoms with van der Waals surface area (Å²) in [7, 11) is 1.65. The summed E-state index contributed by atoms with van der Waals surface area (Å²) in [5.41, 5.74) is 7.18. The van der Waals surface area contributed by atoms with Crippen LogP contribution in [0.5, 0.6) is 11.5 Å². The van der Waals surface area contributed by atoms with E-state index in [1.54, 1.807) is 13.2 Å². The molecule has 0 heterocycles. The molecule has 0 saturated carbocycles. The number of hydrogen-bond acceptors (Lipinski definition) is 3. The molecule has 0 aromatic heterocycles. The van der Waals surface area contributed by atoms with Crippen LogP contribution in [0.25, 0.3) is 0 Å². The molecule has 2 rings (SSSR count). The first kappa shape index (κ1) is 15.7. The van der Waals surface area contributed by atoms with Crippen molar-refractivity contribution in [3.05, 3.63) is 59.1 Å². The van der Waals surface area contributed by atoms with Gasteiger partial charge in [0.1, 0.15) is 17.6 Å². The van der Waals surface area contributed by atoms with Gasteiger partial charge in [0.05, 0.1) is 7.11 Å². The van der Waals surface area contributed by atoms with Crippen molar-refractivity contribution in [3.8, 4) is 11.5 Å². The van der Waals surface area contributed by atoms with Crippen LogP contribution < -0.4 is 15.2 Å². The van der Waals surface area contributed by atoms with Crippen LogP contribution in [0.3, 0.4) is 0 Å². The quantitative estimate of drug-likeness (QED) is 0.869. The molecule has 2 atom stereocenters. The van der Waals surface area contributed by atoms with E-state index in [4.69, 9.17) is 26.8 Å². The fourth-order valence-corrected chi connectivity index (χ4v) is 2.36. The second-order valence-corrected chi connectivity index (χ2v) is 5.25. The zero-order chi connectivity index (χ0) is 15.2. The Labute approximate surface area is 130 Å². The average Bonchev–Trinajstić information content (AvgIpc) is 2.52. The van der Waals surface area contributed by atoms with Gasteiger partial charge < -0.3 is 15.2 Å². The number of hydrogen-bond donors (Lipinski definition) is 1. The van der Waals surface area contributed by atoms with Crippen LogP contribution in [-0.4, -0.2) is 13.2 Å². The number of ether oxygens (including phenoxy) is 2. The Balaban J connectivity index is 2.34. The molecule has 0 spiro atoms. The lowest BCUT2D eigenvalue weighted by molar-refractivity contribution is 0.167. The van der Waals surface area contributed by atoms with Crippen molar-refractivity contribution < 1.29 is 9.47 Å². The minimum Gasteiger partial charge on any atom is -0.496 e. The summed E-state index contributed by atoms with van der Waals surface area (Å²) in [6.07, 6.45) is 0.508. The van der Waals surface area contributed by atoms with Crippen LogP contribution in [0.15, 0.2) is 48.5 Å². The van der Waals surface area contributed by atoms with Crippen molar-refractivity contribution in [1.29, 1.82) is 0 Å². The van der Waals surface area contributed by atoms with E-state index in [9.17, 15) is 0 Å². The van der Waals surface area contributed by atoms with Gasteiger partial charge >= 0.3 is 0 Å². The highest BCUT2D eigenvalue weighted by molar-refractivity contribution is 6.30. The van der Waals surface area contributed by atoms with Gasteiger partial charge in [0.25, 0.3) is 0 Å². The Bertz CT molecular complexity index is 589. The van der Waals surface area contributed by atoms with E-state index in [1.807, 2.05) is 49.4 Å². The lowest BCUT2D eigenvalue weighted by Crippen LogP contribution is -2.31. The van der Waals surface area contributed by atoms with Gasteiger partial charge in [-0.1, -0.05) is 42.8 Å². The van der Waals surface area contributed by atoms with Crippen LogP contribution in [0.2, 0.25) is 5.02 Å². The molecule has 112 valence electrons. The van der Waals surface area contributed by atoms with E-state index in [2.05, 4.69) is 0 Å². The Morgan fingerprint density at radius 2 is 1.90 bits per heavy atom. The summed E-state index contributed by atoms with van der Waals surface area (Å²) >= 11 is 6.01. The van der Waals surface area contributed by atoms with Crippen molar-refractivity contribution >= 4 is 11.6 Å². The molecule has 3 nitrogen and oxygen atoms in total. The molecular weight excluding hydrogens is 286 g/mol. The molecule has 2 N–H and O–H groups in total. The molecule has 0 aliphatic carbocycles. The second kappa shape index (κ2) is 7.34. The van der Waals surface area contributed by atoms with Gasteiger partial charge in [-0.3, -0.25) is 0 Å². The Hall–Kier alpha value is -1.71. The number of benzene rings is 2. The van der Waals surface area contributed by atoms with Crippen molar-refractivity contribution in [2.75, 3.05) is 7.11 Å². The highest BCUT2D eigenvalue weighted by Crippen LogP contribution is 2.32. The normalized spacial score (nSPS) is 13.5. The molecule has 2 unspecified atom stereocenters. The smallest absolute Gasteiger partial charge is 0.142 e. The van der Waals surface area contributed by atoms with Crippen LogP contribution in [0.1, 0.15) is 25.0 Å². The van der Waals surface area contributed by atoms with Crippen molar-refractivity contribution in [2.45, 2.75) is 25.5 Å². The maximum absolute atomic E-state index is 6.25.